The van der Waals surface area contributed by atoms with Crippen LogP contribution < -0.4 is 10.6 Å². The maximum Gasteiger partial charge on any atom is 0.254 e. The zero-order valence-corrected chi connectivity index (χ0v) is 16.8. The lowest BCUT2D eigenvalue weighted by Crippen LogP contribution is -2.44. The summed E-state index contributed by atoms with van der Waals surface area (Å²) in [5.74, 6) is -0.641. The van der Waals surface area contributed by atoms with Crippen LogP contribution in [0, 0.1) is 5.92 Å². The van der Waals surface area contributed by atoms with Gasteiger partial charge in [0.15, 0.2) is 0 Å². The van der Waals surface area contributed by atoms with Gasteiger partial charge in [-0.2, -0.15) is 0 Å². The molecule has 1 aromatic heterocycles. The zero-order valence-electron chi connectivity index (χ0n) is 16.0. The van der Waals surface area contributed by atoms with Gasteiger partial charge >= 0.3 is 0 Å². The number of fused-ring (bicyclic) bond motifs is 1. The summed E-state index contributed by atoms with van der Waals surface area (Å²) in [5, 5.41) is 3.69. The molecule has 3 heterocycles. The van der Waals surface area contributed by atoms with Gasteiger partial charge in [-0.1, -0.05) is 25.1 Å². The molecular weight excluding hydrogens is 372 g/mol. The van der Waals surface area contributed by atoms with Gasteiger partial charge in [-0.3, -0.25) is 9.59 Å². The molecule has 4 rings (SSSR count). The summed E-state index contributed by atoms with van der Waals surface area (Å²) in [4.78, 5) is 32.8. The average molecular weight is 397 g/mol. The summed E-state index contributed by atoms with van der Waals surface area (Å²) in [5.41, 5.74) is 1.21. The van der Waals surface area contributed by atoms with Crippen molar-refractivity contribution in [3.63, 3.8) is 0 Å². The van der Waals surface area contributed by atoms with E-state index in [4.69, 9.17) is 4.74 Å². The molecule has 2 atom stereocenters. The van der Waals surface area contributed by atoms with Gasteiger partial charge in [0.1, 0.15) is 6.10 Å². The molecule has 0 saturated carbocycles. The van der Waals surface area contributed by atoms with E-state index in [-0.39, 0.29) is 11.8 Å². The highest BCUT2D eigenvalue weighted by atomic mass is 32.1. The number of ether oxygens (including phenoxy) is 1. The topological polar surface area (TPSA) is 59.0 Å². The molecule has 0 bridgehead atoms. The number of carbonyl (C=O) groups is 2. The average Bonchev–Trinajstić information content (AvgIpc) is 3.41. The zero-order chi connectivity index (χ0) is 19.5. The molecule has 1 aromatic carbocycles. The van der Waals surface area contributed by atoms with Crippen LogP contribution in [0.2, 0.25) is 0 Å². The van der Waals surface area contributed by atoms with Crippen LogP contribution in [0.25, 0.3) is 6.08 Å². The normalized spacial score (nSPS) is 21.0. The van der Waals surface area contributed by atoms with Crippen molar-refractivity contribution < 1.29 is 14.3 Å². The first kappa shape index (κ1) is 19.0. The summed E-state index contributed by atoms with van der Waals surface area (Å²) in [6.07, 6.45) is 4.15. The van der Waals surface area contributed by atoms with Crippen LogP contribution in [0.4, 0.5) is 0 Å². The number of amides is 2. The summed E-state index contributed by atoms with van der Waals surface area (Å²) in [6.45, 7) is 3.55. The number of hydrogen-bond acceptors (Lipinski definition) is 4. The van der Waals surface area contributed by atoms with E-state index < -0.39 is 12.0 Å². The molecule has 2 aliphatic heterocycles. The second-order valence-electron chi connectivity index (χ2n) is 7.27. The van der Waals surface area contributed by atoms with Crippen LogP contribution >= 0.6 is 11.3 Å². The molecule has 1 saturated heterocycles. The Balaban J connectivity index is 1.60. The first-order valence-corrected chi connectivity index (χ1v) is 10.7. The minimum Gasteiger partial charge on any atom is -0.368 e. The lowest BCUT2D eigenvalue weighted by molar-refractivity contribution is -0.142. The van der Waals surface area contributed by atoms with Gasteiger partial charge < -0.3 is 9.64 Å². The smallest absolute Gasteiger partial charge is 0.254 e. The Hall–Kier alpha value is -2.31. The number of carbonyl (C=O) groups excluding carboxylic acids is 2. The molecule has 2 amide bonds. The molecular formula is C22H24N2O3S. The van der Waals surface area contributed by atoms with E-state index in [0.717, 1.165) is 29.4 Å². The molecule has 0 N–H and O–H groups in total. The van der Waals surface area contributed by atoms with E-state index in [9.17, 15) is 9.59 Å². The third-order valence-electron chi connectivity index (χ3n) is 5.29. The molecule has 2 aromatic rings. The van der Waals surface area contributed by atoms with Gasteiger partial charge in [-0.05, 0) is 53.6 Å². The van der Waals surface area contributed by atoms with E-state index in [1.807, 2.05) is 35.7 Å². The second kappa shape index (κ2) is 8.37. The van der Waals surface area contributed by atoms with Crippen LogP contribution in [0.1, 0.15) is 30.2 Å². The van der Waals surface area contributed by atoms with Crippen LogP contribution in [0.3, 0.4) is 0 Å². The third kappa shape index (κ3) is 4.08. The van der Waals surface area contributed by atoms with Gasteiger partial charge in [0, 0.05) is 18.0 Å². The van der Waals surface area contributed by atoms with Crippen molar-refractivity contribution in [3.05, 3.63) is 56.7 Å². The largest absolute Gasteiger partial charge is 0.368 e. The van der Waals surface area contributed by atoms with Crippen molar-refractivity contribution in [3.8, 4) is 0 Å². The minimum atomic E-state index is -0.426. The van der Waals surface area contributed by atoms with Gasteiger partial charge in [0.25, 0.3) is 11.8 Å². The van der Waals surface area contributed by atoms with Crippen LogP contribution in [0.15, 0.2) is 40.7 Å². The molecule has 1 fully saturated rings. The Morgan fingerprint density at radius 3 is 2.96 bits per heavy atom. The lowest BCUT2D eigenvalue weighted by Gasteiger charge is -2.27. The first-order valence-electron chi connectivity index (χ1n) is 9.80. The summed E-state index contributed by atoms with van der Waals surface area (Å²) in [6, 6.07) is 9.99. The van der Waals surface area contributed by atoms with Crippen LogP contribution in [-0.4, -0.2) is 36.0 Å². The molecule has 2 aliphatic rings. The molecule has 6 heteroatoms. The Bertz CT molecular complexity index is 978. The highest BCUT2D eigenvalue weighted by molar-refractivity contribution is 7.09. The molecule has 28 heavy (non-hydrogen) atoms. The number of nitrogens with zero attached hydrogens (tertiary/aromatic N) is 2. The SMILES string of the molecule is CCc1ccc2c(c1)=CC(CN(Cc1cccs1)C(=O)C1CCCO1)C(=O)N=2. The number of aryl methyl sites for hydroxylation is 1. The summed E-state index contributed by atoms with van der Waals surface area (Å²) >= 11 is 1.61. The van der Waals surface area contributed by atoms with Gasteiger partial charge in [-0.25, -0.2) is 4.99 Å². The van der Waals surface area contributed by atoms with E-state index in [1.165, 1.54) is 5.56 Å². The van der Waals surface area contributed by atoms with Crippen molar-refractivity contribution >= 4 is 29.2 Å². The number of thiophene rings is 1. The van der Waals surface area contributed by atoms with Crippen molar-refractivity contribution in [1.29, 1.82) is 0 Å². The fourth-order valence-electron chi connectivity index (χ4n) is 3.72. The van der Waals surface area contributed by atoms with E-state index >= 15 is 0 Å². The van der Waals surface area contributed by atoms with Crippen molar-refractivity contribution in [1.82, 2.24) is 4.90 Å². The molecule has 2 unspecified atom stereocenters. The Kier molecular flexibility index (Phi) is 5.69. The Labute approximate surface area is 168 Å². The van der Waals surface area contributed by atoms with Gasteiger partial charge in [0.05, 0.1) is 17.8 Å². The van der Waals surface area contributed by atoms with Gasteiger partial charge in [-0.15, -0.1) is 11.3 Å². The fraction of sp³-hybridized carbons (Fsp3) is 0.409. The first-order chi connectivity index (χ1) is 13.6. The Morgan fingerprint density at radius 2 is 2.25 bits per heavy atom. The van der Waals surface area contributed by atoms with Crippen molar-refractivity contribution in [2.75, 3.05) is 13.2 Å². The molecule has 146 valence electrons. The molecule has 0 radical (unpaired) electrons. The summed E-state index contributed by atoms with van der Waals surface area (Å²) in [7, 11) is 0. The highest BCUT2D eigenvalue weighted by Gasteiger charge is 2.31. The molecule has 0 aliphatic carbocycles. The van der Waals surface area contributed by atoms with Crippen molar-refractivity contribution in [2.45, 2.75) is 38.8 Å². The summed E-state index contributed by atoms with van der Waals surface area (Å²) < 4.78 is 5.61. The minimum absolute atomic E-state index is 0.0276. The monoisotopic (exact) mass is 396 g/mol. The van der Waals surface area contributed by atoms with Gasteiger partial charge in [0.2, 0.25) is 0 Å². The number of benzene rings is 1. The van der Waals surface area contributed by atoms with Crippen LogP contribution in [0.5, 0.6) is 0 Å². The molecule has 5 nitrogen and oxygen atoms in total. The van der Waals surface area contributed by atoms with E-state index in [2.05, 4.69) is 18.0 Å². The maximum absolute atomic E-state index is 13.0. The van der Waals surface area contributed by atoms with Crippen molar-refractivity contribution in [2.24, 2.45) is 10.9 Å². The van der Waals surface area contributed by atoms with E-state index in [0.29, 0.717) is 25.1 Å². The second-order valence-corrected chi connectivity index (χ2v) is 8.30. The number of hydrogen-bond donors (Lipinski definition) is 0. The standard InChI is InChI=1S/C22H24N2O3S/c1-2-15-7-8-19-16(11-15)12-17(21(25)23-19)13-24(14-18-5-4-10-28-18)22(26)20-6-3-9-27-20/h4-5,7-8,10-12,17,20H,2-3,6,9,13-14H2,1H3. The molecule has 0 spiro atoms. The fourth-order valence-corrected chi connectivity index (χ4v) is 4.44. The van der Waals surface area contributed by atoms with Crippen LogP contribution in [-0.2, 0) is 27.3 Å². The quantitative estimate of drug-likeness (QED) is 0.751. The predicted octanol–water partition coefficient (Wildman–Crippen LogP) is 2.07. The Morgan fingerprint density at radius 1 is 1.36 bits per heavy atom. The lowest BCUT2D eigenvalue weighted by atomic mass is 10.0. The predicted molar refractivity (Wildman–Crippen MR) is 108 cm³/mol. The highest BCUT2D eigenvalue weighted by Crippen LogP contribution is 2.20. The number of rotatable bonds is 6. The maximum atomic E-state index is 13.0. The van der Waals surface area contributed by atoms with E-state index in [1.54, 1.807) is 16.2 Å². The third-order valence-corrected chi connectivity index (χ3v) is 6.15.